The number of nitrogens with zero attached hydrogens (tertiary/aromatic N) is 2. The molecule has 0 unspecified atom stereocenters. The number of carbonyl (C=O) groups is 1. The minimum Gasteiger partial charge on any atom is -0.460 e. The van der Waals surface area contributed by atoms with E-state index in [1.54, 1.807) is 23.6 Å². The lowest BCUT2D eigenvalue weighted by molar-refractivity contribution is -0.149. The smallest absolute Gasteiger partial charge is 0.309 e. The van der Waals surface area contributed by atoms with E-state index in [-0.39, 0.29) is 30.8 Å². The van der Waals surface area contributed by atoms with Crippen LogP contribution in [0.1, 0.15) is 68.2 Å². The fraction of sp³-hybridized carbons (Fsp3) is 0.423. The third-order valence-electron chi connectivity index (χ3n) is 7.06. The van der Waals surface area contributed by atoms with Gasteiger partial charge in [0.1, 0.15) is 18.0 Å². The van der Waals surface area contributed by atoms with E-state index >= 15 is 0 Å². The Hall–Kier alpha value is -3.06. The van der Waals surface area contributed by atoms with Gasteiger partial charge in [0, 0.05) is 17.0 Å². The van der Waals surface area contributed by atoms with E-state index in [4.69, 9.17) is 9.72 Å². The summed E-state index contributed by atoms with van der Waals surface area (Å²) in [6.45, 7) is 4.13. The first kappa shape index (κ1) is 21.8. The molecular weight excluding hydrogens is 423 g/mol. The molecule has 4 heterocycles. The van der Waals surface area contributed by atoms with Crippen molar-refractivity contribution < 1.29 is 19.0 Å². The van der Waals surface area contributed by atoms with E-state index in [2.05, 4.69) is 6.92 Å². The van der Waals surface area contributed by atoms with E-state index in [1.807, 2.05) is 0 Å². The van der Waals surface area contributed by atoms with Crippen LogP contribution < -0.4 is 5.56 Å². The Balaban J connectivity index is 1.76. The van der Waals surface area contributed by atoms with E-state index in [0.29, 0.717) is 34.6 Å². The van der Waals surface area contributed by atoms with Crippen molar-refractivity contribution in [2.24, 2.45) is 0 Å². The highest BCUT2D eigenvalue weighted by Gasteiger charge is 2.39. The first-order valence-electron chi connectivity index (χ1n) is 11.6. The summed E-state index contributed by atoms with van der Waals surface area (Å²) in [5, 5.41) is 12.2. The van der Waals surface area contributed by atoms with Crippen molar-refractivity contribution in [1.82, 2.24) is 9.55 Å². The fourth-order valence-electron chi connectivity index (χ4n) is 5.17. The van der Waals surface area contributed by atoms with Gasteiger partial charge in [-0.05, 0) is 48.6 Å². The van der Waals surface area contributed by atoms with Gasteiger partial charge in [-0.25, -0.2) is 9.37 Å². The molecular formula is C26H27FN2O4. The van der Waals surface area contributed by atoms with Gasteiger partial charge < -0.3 is 14.4 Å². The molecule has 172 valence electrons. The number of pyridine rings is 2. The monoisotopic (exact) mass is 450 g/mol. The first-order chi connectivity index (χ1) is 15.9. The van der Waals surface area contributed by atoms with Crippen LogP contribution in [-0.2, 0) is 34.7 Å². The second-order valence-electron chi connectivity index (χ2n) is 9.07. The van der Waals surface area contributed by atoms with Crippen LogP contribution >= 0.6 is 0 Å². The van der Waals surface area contributed by atoms with Crippen LogP contribution in [0.2, 0.25) is 0 Å². The molecule has 1 atom stereocenters. The molecule has 0 aliphatic carbocycles. The van der Waals surface area contributed by atoms with Gasteiger partial charge in [-0.1, -0.05) is 26.7 Å². The Bertz CT molecular complexity index is 1350. The average Bonchev–Trinajstić information content (AvgIpc) is 3.09. The largest absolute Gasteiger partial charge is 0.460 e. The summed E-state index contributed by atoms with van der Waals surface area (Å²) in [5.74, 6) is -0.888. The Morgan fingerprint density at radius 2 is 2.00 bits per heavy atom. The van der Waals surface area contributed by atoms with Crippen LogP contribution in [0, 0.1) is 5.82 Å². The van der Waals surface area contributed by atoms with E-state index < -0.39 is 11.6 Å². The first-order valence-corrected chi connectivity index (χ1v) is 11.6. The number of aliphatic hydroxyl groups is 1. The number of ether oxygens (including phenoxy) is 1. The number of carbonyl (C=O) groups excluding carboxylic acids is 1. The SMILES string of the molecule is CCCCCc1c2c(nc3cc(F)ccc13)-c1cc3c(c(=O)n1C2)COC(=O)C[C@]3(O)CC. The molecule has 0 saturated heterocycles. The molecule has 2 aliphatic heterocycles. The number of hydrogen-bond acceptors (Lipinski definition) is 5. The summed E-state index contributed by atoms with van der Waals surface area (Å²) >= 11 is 0. The van der Waals surface area contributed by atoms with E-state index in [9.17, 15) is 19.1 Å². The van der Waals surface area contributed by atoms with Gasteiger partial charge in [-0.2, -0.15) is 0 Å². The molecule has 0 spiro atoms. The summed E-state index contributed by atoms with van der Waals surface area (Å²) in [6.07, 6.45) is 4.04. The van der Waals surface area contributed by atoms with E-state index in [1.165, 1.54) is 12.1 Å². The zero-order valence-electron chi connectivity index (χ0n) is 18.9. The molecule has 0 bridgehead atoms. The minimum atomic E-state index is -1.48. The van der Waals surface area contributed by atoms with Crippen LogP contribution in [-0.4, -0.2) is 20.6 Å². The van der Waals surface area contributed by atoms with Crippen molar-refractivity contribution in [3.8, 4) is 11.4 Å². The van der Waals surface area contributed by atoms with Crippen LogP contribution in [0.4, 0.5) is 4.39 Å². The van der Waals surface area contributed by atoms with Gasteiger partial charge in [0.05, 0.1) is 35.4 Å². The lowest BCUT2D eigenvalue weighted by Crippen LogP contribution is -2.32. The summed E-state index contributed by atoms with van der Waals surface area (Å²) < 4.78 is 21.0. The molecule has 0 saturated carbocycles. The van der Waals surface area contributed by atoms with Crippen molar-refractivity contribution in [3.63, 3.8) is 0 Å². The number of hydrogen-bond donors (Lipinski definition) is 1. The number of aromatic nitrogens is 2. The van der Waals surface area contributed by atoms with Crippen LogP contribution in [0.25, 0.3) is 22.3 Å². The Kier molecular flexibility index (Phi) is 5.32. The van der Waals surface area contributed by atoms with Crippen LogP contribution in [0.5, 0.6) is 0 Å². The number of rotatable bonds is 5. The van der Waals surface area contributed by atoms with Crippen molar-refractivity contribution in [1.29, 1.82) is 0 Å². The lowest BCUT2D eigenvalue weighted by Gasteiger charge is -2.26. The Morgan fingerprint density at radius 1 is 1.18 bits per heavy atom. The number of benzene rings is 1. The maximum Gasteiger partial charge on any atom is 0.309 e. The van der Waals surface area contributed by atoms with Crippen LogP contribution in [0.3, 0.4) is 0 Å². The number of unbranched alkanes of at least 4 members (excludes halogenated alkanes) is 2. The highest BCUT2D eigenvalue weighted by atomic mass is 19.1. The normalized spacial score (nSPS) is 19.1. The maximum absolute atomic E-state index is 14.1. The highest BCUT2D eigenvalue weighted by molar-refractivity contribution is 5.88. The van der Waals surface area contributed by atoms with Gasteiger partial charge in [0.15, 0.2) is 0 Å². The average molecular weight is 451 g/mol. The fourth-order valence-corrected chi connectivity index (χ4v) is 5.17. The predicted octanol–water partition coefficient (Wildman–Crippen LogP) is 4.34. The molecule has 6 nitrogen and oxygen atoms in total. The molecule has 3 aromatic rings. The predicted molar refractivity (Wildman–Crippen MR) is 122 cm³/mol. The second kappa shape index (κ2) is 8.06. The highest BCUT2D eigenvalue weighted by Crippen LogP contribution is 2.40. The van der Waals surface area contributed by atoms with Gasteiger partial charge in [0.2, 0.25) is 0 Å². The molecule has 7 heteroatoms. The molecule has 1 N–H and O–H groups in total. The van der Waals surface area contributed by atoms with Gasteiger partial charge in [-0.3, -0.25) is 9.59 Å². The van der Waals surface area contributed by atoms with Gasteiger partial charge in [-0.15, -0.1) is 0 Å². The molecule has 2 aliphatic rings. The lowest BCUT2D eigenvalue weighted by atomic mass is 9.85. The Labute approximate surface area is 191 Å². The Morgan fingerprint density at radius 3 is 2.76 bits per heavy atom. The third kappa shape index (κ3) is 3.46. The van der Waals surface area contributed by atoms with Crippen molar-refractivity contribution in [3.05, 3.63) is 62.7 Å². The molecule has 1 aromatic carbocycles. The topological polar surface area (TPSA) is 81.4 Å². The summed E-state index contributed by atoms with van der Waals surface area (Å²) in [4.78, 5) is 30.4. The molecule has 2 aromatic heterocycles. The molecule has 33 heavy (non-hydrogen) atoms. The maximum atomic E-state index is 14.1. The van der Waals surface area contributed by atoms with Crippen LogP contribution in [0.15, 0.2) is 29.1 Å². The van der Waals surface area contributed by atoms with Crippen molar-refractivity contribution >= 4 is 16.9 Å². The third-order valence-corrected chi connectivity index (χ3v) is 7.06. The zero-order valence-corrected chi connectivity index (χ0v) is 18.9. The summed E-state index contributed by atoms with van der Waals surface area (Å²) in [7, 11) is 0. The standard InChI is InChI=1S/C26H27FN2O4/c1-3-5-6-7-16-17-9-8-15(27)10-21(17)28-24-18(16)13-29-22(24)11-20-19(25(29)31)14-33-23(30)12-26(20,32)4-2/h8-11,32H,3-7,12-14H2,1-2H3/t26-/m1/s1. The van der Waals surface area contributed by atoms with Gasteiger partial charge >= 0.3 is 5.97 Å². The van der Waals surface area contributed by atoms with Gasteiger partial charge in [0.25, 0.3) is 5.56 Å². The van der Waals surface area contributed by atoms with Crippen molar-refractivity contribution in [2.45, 2.75) is 71.1 Å². The number of halogens is 1. The zero-order chi connectivity index (χ0) is 23.3. The molecule has 0 radical (unpaired) electrons. The molecule has 0 amide bonds. The quantitative estimate of drug-likeness (QED) is 0.361. The number of cyclic esters (lactones) is 1. The minimum absolute atomic E-state index is 0.157. The molecule has 0 fully saturated rings. The number of esters is 1. The summed E-state index contributed by atoms with van der Waals surface area (Å²) in [5.41, 5.74) is 2.84. The number of fused-ring (bicyclic) bond motifs is 5. The van der Waals surface area contributed by atoms with Crippen molar-refractivity contribution in [2.75, 3.05) is 0 Å². The summed E-state index contributed by atoms with van der Waals surface area (Å²) in [6, 6.07) is 6.43. The molecule has 5 rings (SSSR count). The second-order valence-corrected chi connectivity index (χ2v) is 9.07. The van der Waals surface area contributed by atoms with E-state index in [0.717, 1.165) is 42.2 Å². The number of aryl methyl sites for hydroxylation is 1.